The molecule has 184 valence electrons. The Morgan fingerprint density at radius 1 is 1.12 bits per heavy atom. The van der Waals surface area contributed by atoms with Gasteiger partial charge in [-0.25, -0.2) is 0 Å². The lowest BCUT2D eigenvalue weighted by atomic mass is 9.86. The molecule has 1 amide bonds. The summed E-state index contributed by atoms with van der Waals surface area (Å²) in [6, 6.07) is 15.0. The number of amides is 1. The zero-order chi connectivity index (χ0) is 22.6. The zero-order valence-electron chi connectivity index (χ0n) is 20.7. The molecule has 1 fully saturated rings. The van der Waals surface area contributed by atoms with E-state index in [1.165, 1.54) is 16.7 Å². The smallest absolute Gasteiger partial charge is 0.253 e. The molecule has 0 saturated carbocycles. The van der Waals surface area contributed by atoms with Crippen molar-refractivity contribution in [1.82, 2.24) is 15.1 Å². The molecule has 0 aromatic heterocycles. The molecule has 1 aliphatic rings. The highest BCUT2D eigenvalue weighted by molar-refractivity contribution is 5.94. The van der Waals surface area contributed by atoms with Crippen molar-refractivity contribution < 1.29 is 9.53 Å². The van der Waals surface area contributed by atoms with E-state index in [0.29, 0.717) is 6.04 Å². The van der Waals surface area contributed by atoms with Crippen LogP contribution in [0.25, 0.3) is 0 Å². The highest BCUT2D eigenvalue weighted by atomic mass is 35.5. The normalized spacial score (nSPS) is 20.4. The summed E-state index contributed by atoms with van der Waals surface area (Å²) in [4.78, 5) is 16.8. The van der Waals surface area contributed by atoms with Crippen molar-refractivity contribution in [1.29, 1.82) is 0 Å². The first-order valence-corrected chi connectivity index (χ1v) is 11.3. The summed E-state index contributed by atoms with van der Waals surface area (Å²) in [6.07, 6.45) is 0.804. The van der Waals surface area contributed by atoms with Crippen LogP contribution in [0.15, 0.2) is 42.5 Å². The average molecular weight is 497 g/mol. The number of benzene rings is 2. The lowest BCUT2D eigenvalue weighted by Gasteiger charge is -2.46. The van der Waals surface area contributed by atoms with Gasteiger partial charge in [0.2, 0.25) is 0 Å². The van der Waals surface area contributed by atoms with Gasteiger partial charge in [0.05, 0.1) is 12.6 Å². The zero-order valence-corrected chi connectivity index (χ0v) is 22.3. The molecule has 2 unspecified atom stereocenters. The molecule has 5 nitrogen and oxygen atoms in total. The Bertz CT molecular complexity index is 903. The number of nitrogens with one attached hydrogen (secondary N) is 1. The first kappa shape index (κ1) is 29.2. The maximum atomic E-state index is 12.5. The molecule has 2 aromatic carbocycles. The van der Waals surface area contributed by atoms with Crippen LogP contribution in [0.5, 0.6) is 5.75 Å². The van der Waals surface area contributed by atoms with E-state index < -0.39 is 0 Å². The third-order valence-electron chi connectivity index (χ3n) is 6.69. The summed E-state index contributed by atoms with van der Waals surface area (Å²) in [5.74, 6) is 1.02. The largest absolute Gasteiger partial charge is 0.496 e. The van der Waals surface area contributed by atoms with Crippen molar-refractivity contribution >= 4 is 30.7 Å². The molecule has 1 heterocycles. The number of hydrogen-bond acceptors (Lipinski definition) is 4. The molecule has 0 spiro atoms. The monoisotopic (exact) mass is 495 g/mol. The topological polar surface area (TPSA) is 44.8 Å². The molecule has 7 heteroatoms. The van der Waals surface area contributed by atoms with E-state index in [2.05, 4.69) is 61.4 Å². The molecule has 1 aliphatic heterocycles. The number of hydrogen-bond donors (Lipinski definition) is 1. The van der Waals surface area contributed by atoms with Gasteiger partial charge in [-0.15, -0.1) is 24.8 Å². The van der Waals surface area contributed by atoms with Crippen LogP contribution < -0.4 is 10.1 Å². The highest BCUT2D eigenvalue weighted by Crippen LogP contribution is 2.36. The van der Waals surface area contributed by atoms with Gasteiger partial charge in [0, 0.05) is 43.3 Å². The van der Waals surface area contributed by atoms with Crippen LogP contribution in [0.3, 0.4) is 0 Å². The molecule has 1 saturated heterocycles. The van der Waals surface area contributed by atoms with E-state index in [9.17, 15) is 4.79 Å². The second-order valence-corrected chi connectivity index (χ2v) is 8.82. The van der Waals surface area contributed by atoms with Crippen molar-refractivity contribution in [2.24, 2.45) is 0 Å². The average Bonchev–Trinajstić information content (AvgIpc) is 2.77. The summed E-state index contributed by atoms with van der Waals surface area (Å²) in [5, 5.41) is 3.61. The van der Waals surface area contributed by atoms with Gasteiger partial charge >= 0.3 is 0 Å². The lowest BCUT2D eigenvalue weighted by molar-refractivity contribution is 0.0773. The van der Waals surface area contributed by atoms with E-state index in [4.69, 9.17) is 4.74 Å². The molecule has 1 N–H and O–H groups in total. The Kier molecular flexibility index (Phi) is 11.2. The summed E-state index contributed by atoms with van der Waals surface area (Å²) in [5.41, 5.74) is 4.23. The van der Waals surface area contributed by atoms with E-state index in [0.717, 1.165) is 43.9 Å². The summed E-state index contributed by atoms with van der Waals surface area (Å²) < 4.78 is 5.81. The second-order valence-electron chi connectivity index (χ2n) is 8.82. The molecule has 2 aromatic rings. The van der Waals surface area contributed by atoms with Crippen LogP contribution in [0.1, 0.15) is 54.7 Å². The Morgan fingerprint density at radius 3 is 2.27 bits per heavy atom. The van der Waals surface area contributed by atoms with E-state index in [-0.39, 0.29) is 36.3 Å². The number of piperazine rings is 1. The number of carbonyl (C=O) groups excluding carboxylic acids is 1. The number of nitrogens with zero attached hydrogens (tertiary/aromatic N) is 2. The fraction of sp³-hybridized carbons (Fsp3) is 0.500. The van der Waals surface area contributed by atoms with Crippen molar-refractivity contribution in [3.8, 4) is 5.75 Å². The number of halogens is 2. The third-order valence-corrected chi connectivity index (χ3v) is 6.69. The number of rotatable bonds is 7. The first-order valence-electron chi connectivity index (χ1n) is 11.3. The number of carbonyl (C=O) groups is 1. The molecular formula is C26H39Cl2N3O2. The minimum Gasteiger partial charge on any atom is -0.496 e. The lowest BCUT2D eigenvalue weighted by Crippen LogP contribution is -2.59. The van der Waals surface area contributed by atoms with Gasteiger partial charge < -0.3 is 15.0 Å². The van der Waals surface area contributed by atoms with E-state index >= 15 is 0 Å². The molecule has 3 rings (SSSR count). The van der Waals surface area contributed by atoms with Gasteiger partial charge in [0.1, 0.15) is 5.75 Å². The van der Waals surface area contributed by atoms with Crippen molar-refractivity contribution in [3.63, 3.8) is 0 Å². The molecule has 0 aliphatic carbocycles. The standard InChI is InChI=1S/C26H37N3O2.2ClH/c1-7-29(8-2)25(30)22-12-9-20(10-13-22)15-21-11-14-23(24(16-21)31-6)26(4)18-27-19(3)17-28(26)5;;/h9-14,16,19,27H,7-8,15,17-18H2,1-6H3;2*1H. The van der Waals surface area contributed by atoms with Gasteiger partial charge in [-0.05, 0) is 70.5 Å². The number of ether oxygens (including phenoxy) is 1. The van der Waals surface area contributed by atoms with Crippen molar-refractivity contribution in [2.45, 2.75) is 45.7 Å². The maximum absolute atomic E-state index is 12.5. The van der Waals surface area contributed by atoms with Gasteiger partial charge in [-0.2, -0.15) is 0 Å². The van der Waals surface area contributed by atoms with Crippen LogP contribution in [-0.2, 0) is 12.0 Å². The Hall–Kier alpha value is -1.79. The van der Waals surface area contributed by atoms with Crippen molar-refractivity contribution in [2.75, 3.05) is 40.3 Å². The predicted molar refractivity (Wildman–Crippen MR) is 141 cm³/mol. The van der Waals surface area contributed by atoms with E-state index in [1.54, 1.807) is 7.11 Å². The first-order chi connectivity index (χ1) is 14.8. The Morgan fingerprint density at radius 2 is 1.73 bits per heavy atom. The fourth-order valence-electron chi connectivity index (χ4n) is 4.47. The molecular weight excluding hydrogens is 457 g/mol. The van der Waals surface area contributed by atoms with Gasteiger partial charge in [-0.1, -0.05) is 24.3 Å². The Balaban J connectivity index is 0.00000272. The Labute approximate surface area is 211 Å². The van der Waals surface area contributed by atoms with Crippen LogP contribution in [0.2, 0.25) is 0 Å². The van der Waals surface area contributed by atoms with Gasteiger partial charge in [0.15, 0.2) is 0 Å². The SMILES string of the molecule is CCN(CC)C(=O)c1ccc(Cc2ccc(C3(C)CNC(C)CN3C)c(OC)c2)cc1.Cl.Cl. The predicted octanol–water partition coefficient (Wildman–Crippen LogP) is 4.75. The van der Waals surface area contributed by atoms with Crippen LogP contribution in [0.4, 0.5) is 0 Å². The fourth-order valence-corrected chi connectivity index (χ4v) is 4.47. The molecule has 33 heavy (non-hydrogen) atoms. The third kappa shape index (κ3) is 6.42. The van der Waals surface area contributed by atoms with Crippen molar-refractivity contribution in [3.05, 3.63) is 64.7 Å². The van der Waals surface area contributed by atoms with Gasteiger partial charge in [0.25, 0.3) is 5.91 Å². The van der Waals surface area contributed by atoms with Gasteiger partial charge in [-0.3, -0.25) is 9.69 Å². The quantitative estimate of drug-likeness (QED) is 0.601. The van der Waals surface area contributed by atoms with Crippen LogP contribution in [-0.4, -0.2) is 62.1 Å². The molecule has 2 atom stereocenters. The van der Waals surface area contributed by atoms with Crippen LogP contribution in [0, 0.1) is 0 Å². The minimum absolute atomic E-state index is 0. The summed E-state index contributed by atoms with van der Waals surface area (Å²) >= 11 is 0. The molecule has 0 bridgehead atoms. The highest BCUT2D eigenvalue weighted by Gasteiger charge is 2.37. The van der Waals surface area contributed by atoms with Crippen LogP contribution >= 0.6 is 24.8 Å². The summed E-state index contributed by atoms with van der Waals surface area (Å²) in [6.45, 7) is 11.9. The number of likely N-dealkylation sites (N-methyl/N-ethyl adjacent to an activating group) is 1. The second kappa shape index (κ2) is 12.6. The molecule has 0 radical (unpaired) electrons. The summed E-state index contributed by atoms with van der Waals surface area (Å²) in [7, 11) is 3.93. The number of methoxy groups -OCH3 is 1. The maximum Gasteiger partial charge on any atom is 0.253 e. The minimum atomic E-state index is -0.108. The van der Waals surface area contributed by atoms with E-state index in [1.807, 2.05) is 30.9 Å².